The Morgan fingerprint density at radius 3 is 2.00 bits per heavy atom. The molecule has 0 heterocycles. The summed E-state index contributed by atoms with van der Waals surface area (Å²) in [5.41, 5.74) is 8.02. The average Bonchev–Trinajstić information content (AvgIpc) is 2.81. The Balaban J connectivity index is 1.79. The monoisotopic (exact) mass is 442 g/mol. The van der Waals surface area contributed by atoms with Gasteiger partial charge in [-0.3, -0.25) is 0 Å². The van der Waals surface area contributed by atoms with Gasteiger partial charge in [0.1, 0.15) is 5.75 Å². The highest BCUT2D eigenvalue weighted by atomic mass is 16.5. The number of ether oxygens (including phenoxy) is 2. The Morgan fingerprint density at radius 2 is 1.39 bits per heavy atom. The third-order valence-corrected chi connectivity index (χ3v) is 7.09. The van der Waals surface area contributed by atoms with Crippen LogP contribution in [-0.2, 0) is 15.6 Å². The molecule has 0 unspecified atom stereocenters. The van der Waals surface area contributed by atoms with Gasteiger partial charge in [-0.05, 0) is 65.0 Å². The minimum Gasteiger partial charge on any atom is -0.495 e. The first-order chi connectivity index (χ1) is 15.7. The minimum atomic E-state index is -0.302. The van der Waals surface area contributed by atoms with Gasteiger partial charge in [0.05, 0.1) is 19.3 Å². The van der Waals surface area contributed by atoms with Crippen molar-refractivity contribution in [1.29, 1.82) is 0 Å². The van der Waals surface area contributed by atoms with E-state index in [-0.39, 0.29) is 16.8 Å². The van der Waals surface area contributed by atoms with Gasteiger partial charge in [0.15, 0.2) is 0 Å². The summed E-state index contributed by atoms with van der Waals surface area (Å²) in [7, 11) is 1.72. The quantitative estimate of drug-likeness (QED) is 0.383. The molecule has 0 fully saturated rings. The number of rotatable bonds is 5. The van der Waals surface area contributed by atoms with E-state index < -0.39 is 0 Å². The Morgan fingerprint density at radius 1 is 0.818 bits per heavy atom. The minimum absolute atomic E-state index is 0.147. The number of benzene rings is 3. The van der Waals surface area contributed by atoms with Crippen LogP contribution in [0.1, 0.15) is 68.9 Å². The fourth-order valence-electron chi connectivity index (χ4n) is 4.97. The van der Waals surface area contributed by atoms with Gasteiger partial charge >= 0.3 is 5.97 Å². The zero-order valence-corrected chi connectivity index (χ0v) is 20.6. The molecule has 172 valence electrons. The van der Waals surface area contributed by atoms with Gasteiger partial charge in [-0.2, -0.15) is 0 Å². The van der Waals surface area contributed by atoms with Crippen LogP contribution in [0.15, 0.2) is 60.7 Å². The summed E-state index contributed by atoms with van der Waals surface area (Å²) < 4.78 is 11.1. The number of fused-ring (bicyclic) bond motifs is 1. The van der Waals surface area contributed by atoms with E-state index in [1.54, 1.807) is 7.11 Å². The van der Waals surface area contributed by atoms with Gasteiger partial charge in [-0.15, -0.1) is 0 Å². The van der Waals surface area contributed by atoms with Gasteiger partial charge < -0.3 is 9.47 Å². The molecule has 0 saturated carbocycles. The topological polar surface area (TPSA) is 35.5 Å². The summed E-state index contributed by atoms with van der Waals surface area (Å²) in [6.07, 6.45) is 2.38. The predicted molar refractivity (Wildman–Crippen MR) is 135 cm³/mol. The van der Waals surface area contributed by atoms with Crippen molar-refractivity contribution in [3.63, 3.8) is 0 Å². The lowest BCUT2D eigenvalue weighted by Crippen LogP contribution is -2.33. The number of carbonyl (C=O) groups excluding carboxylic acids is 1. The number of esters is 1. The van der Waals surface area contributed by atoms with E-state index in [2.05, 4.69) is 64.1 Å². The lowest BCUT2D eigenvalue weighted by Gasteiger charge is -2.42. The highest BCUT2D eigenvalue weighted by molar-refractivity contribution is 5.90. The SMILES string of the molecule is CCOC(=O)c1ccc(-c2cccc(-c3ccc4c(c3)C(C)(C)CCC4(C)C)c2OC)cc1. The Labute approximate surface area is 197 Å². The van der Waals surface area contributed by atoms with Crippen LogP contribution < -0.4 is 4.74 Å². The molecule has 0 N–H and O–H groups in total. The van der Waals surface area contributed by atoms with E-state index in [4.69, 9.17) is 9.47 Å². The molecule has 1 aliphatic rings. The molecule has 0 aromatic heterocycles. The number of methoxy groups -OCH3 is 1. The van der Waals surface area contributed by atoms with Crippen molar-refractivity contribution in [3.8, 4) is 28.0 Å². The maximum atomic E-state index is 12.0. The second-order valence-electron chi connectivity index (χ2n) is 10.2. The van der Waals surface area contributed by atoms with Crippen LogP contribution in [0, 0.1) is 0 Å². The third-order valence-electron chi connectivity index (χ3n) is 7.09. The van der Waals surface area contributed by atoms with Gasteiger partial charge in [-0.1, -0.05) is 76.2 Å². The van der Waals surface area contributed by atoms with Crippen LogP contribution in [0.2, 0.25) is 0 Å². The maximum absolute atomic E-state index is 12.0. The zero-order valence-electron chi connectivity index (χ0n) is 20.6. The van der Waals surface area contributed by atoms with E-state index in [0.29, 0.717) is 12.2 Å². The Kier molecular flexibility index (Phi) is 6.09. The van der Waals surface area contributed by atoms with Gasteiger partial charge in [0, 0.05) is 11.1 Å². The first kappa shape index (κ1) is 23.1. The number of hydrogen-bond donors (Lipinski definition) is 0. The zero-order chi connectivity index (χ0) is 23.8. The van der Waals surface area contributed by atoms with E-state index in [0.717, 1.165) is 22.4 Å². The molecule has 0 aliphatic heterocycles. The summed E-state index contributed by atoms with van der Waals surface area (Å²) >= 11 is 0. The second-order valence-corrected chi connectivity index (χ2v) is 10.2. The first-order valence-electron chi connectivity index (χ1n) is 11.8. The first-order valence-corrected chi connectivity index (χ1v) is 11.8. The molecule has 0 amide bonds. The van der Waals surface area contributed by atoms with Crippen LogP contribution in [-0.4, -0.2) is 19.7 Å². The summed E-state index contributed by atoms with van der Waals surface area (Å²) in [4.78, 5) is 12.0. The molecule has 1 aliphatic carbocycles. The predicted octanol–water partition coefficient (Wildman–Crippen LogP) is 7.55. The van der Waals surface area contributed by atoms with E-state index >= 15 is 0 Å². The van der Waals surface area contributed by atoms with Crippen LogP contribution >= 0.6 is 0 Å². The highest BCUT2D eigenvalue weighted by Crippen LogP contribution is 2.48. The van der Waals surface area contributed by atoms with Crippen molar-refractivity contribution in [1.82, 2.24) is 0 Å². The molecule has 0 saturated heterocycles. The number of carbonyl (C=O) groups is 1. The van der Waals surface area contributed by atoms with Crippen LogP contribution in [0.25, 0.3) is 22.3 Å². The lowest BCUT2D eigenvalue weighted by atomic mass is 9.63. The van der Waals surface area contributed by atoms with Crippen LogP contribution in [0.3, 0.4) is 0 Å². The van der Waals surface area contributed by atoms with E-state index in [9.17, 15) is 4.79 Å². The van der Waals surface area contributed by atoms with Crippen molar-refractivity contribution < 1.29 is 14.3 Å². The average molecular weight is 443 g/mol. The fourth-order valence-corrected chi connectivity index (χ4v) is 4.97. The molecule has 0 atom stereocenters. The van der Waals surface area contributed by atoms with Crippen molar-refractivity contribution >= 4 is 5.97 Å². The van der Waals surface area contributed by atoms with Crippen LogP contribution in [0.4, 0.5) is 0 Å². The van der Waals surface area contributed by atoms with Crippen molar-refractivity contribution in [2.75, 3.05) is 13.7 Å². The molecule has 4 rings (SSSR count). The van der Waals surface area contributed by atoms with E-state index in [1.807, 2.05) is 31.2 Å². The third kappa shape index (κ3) is 4.29. The molecule has 0 bridgehead atoms. The van der Waals surface area contributed by atoms with E-state index in [1.165, 1.54) is 29.5 Å². The number of para-hydroxylation sites is 1. The molecule has 33 heavy (non-hydrogen) atoms. The summed E-state index contributed by atoms with van der Waals surface area (Å²) in [6.45, 7) is 11.6. The van der Waals surface area contributed by atoms with Gasteiger partial charge in [0.25, 0.3) is 0 Å². The van der Waals surface area contributed by atoms with Crippen molar-refractivity contribution in [2.24, 2.45) is 0 Å². The molecular weight excluding hydrogens is 408 g/mol. The Hall–Kier alpha value is -3.07. The standard InChI is InChI=1S/C30H34O3/c1-7-33-28(31)21-13-11-20(12-14-21)23-9-8-10-24(27(23)32-6)22-15-16-25-26(19-22)30(4,5)18-17-29(25,2)3/h8-16,19H,7,17-18H2,1-6H3. The molecular formula is C30H34O3. The Bertz CT molecular complexity index is 1170. The summed E-state index contributed by atoms with van der Waals surface area (Å²) in [6, 6.07) is 20.7. The van der Waals surface area contributed by atoms with Crippen molar-refractivity contribution in [2.45, 2.75) is 58.3 Å². The molecule has 0 radical (unpaired) electrons. The second kappa shape index (κ2) is 8.70. The van der Waals surface area contributed by atoms with Crippen LogP contribution in [0.5, 0.6) is 5.75 Å². The number of hydrogen-bond acceptors (Lipinski definition) is 3. The molecule has 3 aromatic rings. The molecule has 3 aromatic carbocycles. The fraction of sp³-hybridized carbons (Fsp3) is 0.367. The highest BCUT2D eigenvalue weighted by Gasteiger charge is 2.37. The largest absolute Gasteiger partial charge is 0.495 e. The van der Waals surface area contributed by atoms with Gasteiger partial charge in [0.2, 0.25) is 0 Å². The molecule has 3 nitrogen and oxygen atoms in total. The molecule has 3 heteroatoms. The summed E-state index contributed by atoms with van der Waals surface area (Å²) in [5, 5.41) is 0. The normalized spacial score (nSPS) is 16.1. The molecule has 0 spiro atoms. The summed E-state index contributed by atoms with van der Waals surface area (Å²) in [5.74, 6) is 0.540. The van der Waals surface area contributed by atoms with Crippen molar-refractivity contribution in [3.05, 3.63) is 77.4 Å². The van der Waals surface area contributed by atoms with Gasteiger partial charge in [-0.25, -0.2) is 4.79 Å². The maximum Gasteiger partial charge on any atom is 0.338 e. The smallest absolute Gasteiger partial charge is 0.338 e. The lowest BCUT2D eigenvalue weighted by molar-refractivity contribution is 0.0526.